The van der Waals surface area contributed by atoms with Gasteiger partial charge in [-0.2, -0.15) is 0 Å². The second-order valence-electron chi connectivity index (χ2n) is 4.95. The Morgan fingerprint density at radius 1 is 1.31 bits per heavy atom. The number of carbonyl (C=O) groups is 2. The van der Waals surface area contributed by atoms with Crippen LogP contribution in [-0.2, 0) is 9.59 Å². The summed E-state index contributed by atoms with van der Waals surface area (Å²) < 4.78 is 0. The van der Waals surface area contributed by atoms with Crippen LogP contribution in [0.3, 0.4) is 0 Å². The van der Waals surface area contributed by atoms with E-state index in [2.05, 4.69) is 0 Å². The maximum absolute atomic E-state index is 11.9. The first-order chi connectivity index (χ1) is 7.50. The predicted molar refractivity (Wildman–Crippen MR) is 58.8 cm³/mol. The number of allylic oxidation sites excluding steroid dienone is 1. The van der Waals surface area contributed by atoms with Gasteiger partial charge in [0.1, 0.15) is 0 Å². The van der Waals surface area contributed by atoms with Gasteiger partial charge in [-0.25, -0.2) is 0 Å². The number of hydrogen-bond donors (Lipinski definition) is 1. The highest BCUT2D eigenvalue weighted by Crippen LogP contribution is 2.41. The van der Waals surface area contributed by atoms with Crippen LogP contribution in [0.25, 0.3) is 0 Å². The number of amides is 1. The molecular formula is C12H17NO3. The van der Waals surface area contributed by atoms with Crippen molar-refractivity contribution >= 4 is 11.9 Å². The normalized spacial score (nSPS) is 31.6. The summed E-state index contributed by atoms with van der Waals surface area (Å²) in [6.45, 7) is 3.76. The molecular weight excluding hydrogens is 206 g/mol. The first-order valence-electron chi connectivity index (χ1n) is 5.70. The molecule has 0 saturated carbocycles. The minimum absolute atomic E-state index is 0.0174. The topological polar surface area (TPSA) is 57.6 Å². The average Bonchev–Trinajstić information content (AvgIpc) is 2.72. The first kappa shape index (κ1) is 11.2. The number of rotatable bonds is 2. The second-order valence-corrected chi connectivity index (χ2v) is 4.95. The van der Waals surface area contributed by atoms with Gasteiger partial charge in [-0.05, 0) is 33.1 Å². The molecule has 1 amide bonds. The summed E-state index contributed by atoms with van der Waals surface area (Å²) in [5.74, 6) is -1.13. The fourth-order valence-corrected chi connectivity index (χ4v) is 2.92. The highest BCUT2D eigenvalue weighted by atomic mass is 16.4. The van der Waals surface area contributed by atoms with E-state index in [1.165, 1.54) is 0 Å². The summed E-state index contributed by atoms with van der Waals surface area (Å²) in [6, 6.07) is 0.0693. The van der Waals surface area contributed by atoms with E-state index in [0.717, 1.165) is 18.4 Å². The van der Waals surface area contributed by atoms with Crippen molar-refractivity contribution in [3.05, 3.63) is 11.6 Å². The van der Waals surface area contributed by atoms with E-state index in [9.17, 15) is 9.59 Å². The van der Waals surface area contributed by atoms with E-state index in [1.54, 1.807) is 11.0 Å². The molecule has 0 spiro atoms. The molecule has 0 aromatic heterocycles. The van der Waals surface area contributed by atoms with Gasteiger partial charge in [0.15, 0.2) is 0 Å². The van der Waals surface area contributed by atoms with Crippen molar-refractivity contribution in [1.82, 2.24) is 4.90 Å². The molecule has 4 nitrogen and oxygen atoms in total. The molecule has 2 saturated heterocycles. The van der Waals surface area contributed by atoms with Crippen molar-refractivity contribution in [1.29, 1.82) is 0 Å². The maximum Gasteiger partial charge on any atom is 0.308 e. The van der Waals surface area contributed by atoms with Gasteiger partial charge in [0.2, 0.25) is 5.91 Å². The molecule has 3 atom stereocenters. The van der Waals surface area contributed by atoms with E-state index >= 15 is 0 Å². The zero-order chi connectivity index (χ0) is 11.9. The Labute approximate surface area is 94.9 Å². The fourth-order valence-electron chi connectivity index (χ4n) is 2.92. The van der Waals surface area contributed by atoms with Crippen molar-refractivity contribution in [3.8, 4) is 0 Å². The van der Waals surface area contributed by atoms with E-state index in [4.69, 9.17) is 5.11 Å². The van der Waals surface area contributed by atoms with E-state index in [0.29, 0.717) is 6.42 Å². The zero-order valence-corrected chi connectivity index (χ0v) is 9.64. The quantitative estimate of drug-likeness (QED) is 0.720. The second kappa shape index (κ2) is 3.92. The van der Waals surface area contributed by atoms with Gasteiger partial charge in [-0.1, -0.05) is 5.57 Å². The third-order valence-corrected chi connectivity index (χ3v) is 3.52. The molecule has 0 aliphatic carbocycles. The van der Waals surface area contributed by atoms with Crippen LogP contribution in [0.1, 0.15) is 33.1 Å². The standard InChI is InChI=1S/C12H17NO3/c1-7(2)5-11(14)13-8-3-4-10(13)9(6-8)12(15)16/h5,8-10H,3-4,6H2,1-2H3,(H,15,16). The van der Waals surface area contributed by atoms with Crippen molar-refractivity contribution in [2.45, 2.75) is 45.2 Å². The molecule has 2 fully saturated rings. The lowest BCUT2D eigenvalue weighted by Crippen LogP contribution is -2.36. The molecule has 3 unspecified atom stereocenters. The van der Waals surface area contributed by atoms with Crippen LogP contribution in [-0.4, -0.2) is 34.0 Å². The van der Waals surface area contributed by atoms with Crippen LogP contribution in [0.5, 0.6) is 0 Å². The summed E-state index contributed by atoms with van der Waals surface area (Å²) in [4.78, 5) is 24.8. The lowest BCUT2D eigenvalue weighted by Gasteiger charge is -2.21. The molecule has 2 bridgehead atoms. The van der Waals surface area contributed by atoms with Gasteiger partial charge in [0.25, 0.3) is 0 Å². The first-order valence-corrected chi connectivity index (χ1v) is 5.70. The van der Waals surface area contributed by atoms with Crippen molar-refractivity contribution in [3.63, 3.8) is 0 Å². The van der Waals surface area contributed by atoms with Crippen molar-refractivity contribution in [2.24, 2.45) is 5.92 Å². The number of carboxylic acid groups (broad SMARTS) is 1. The van der Waals surface area contributed by atoms with Crippen LogP contribution in [0, 0.1) is 5.92 Å². The summed E-state index contributed by atoms with van der Waals surface area (Å²) in [5, 5.41) is 9.06. The van der Waals surface area contributed by atoms with Gasteiger partial charge in [-0.15, -0.1) is 0 Å². The number of nitrogens with zero attached hydrogens (tertiary/aromatic N) is 1. The smallest absolute Gasteiger partial charge is 0.308 e. The Balaban J connectivity index is 2.16. The SMILES string of the molecule is CC(C)=CC(=O)N1C2CCC1C(C(=O)O)C2. The van der Waals surface area contributed by atoms with Crippen LogP contribution in [0.2, 0.25) is 0 Å². The highest BCUT2D eigenvalue weighted by molar-refractivity contribution is 5.90. The zero-order valence-electron chi connectivity index (χ0n) is 9.64. The molecule has 2 rings (SSSR count). The number of carbonyl (C=O) groups excluding carboxylic acids is 1. The van der Waals surface area contributed by atoms with Gasteiger partial charge in [-0.3, -0.25) is 9.59 Å². The molecule has 2 aliphatic rings. The molecule has 0 radical (unpaired) electrons. The van der Waals surface area contributed by atoms with Crippen LogP contribution < -0.4 is 0 Å². The number of carboxylic acids is 1. The minimum Gasteiger partial charge on any atom is -0.481 e. The summed E-state index contributed by atoms with van der Waals surface area (Å²) in [5.41, 5.74) is 0.961. The Kier molecular flexibility index (Phi) is 2.74. The van der Waals surface area contributed by atoms with Crippen molar-refractivity contribution < 1.29 is 14.7 Å². The van der Waals surface area contributed by atoms with E-state index < -0.39 is 5.97 Å². The summed E-state index contributed by atoms with van der Waals surface area (Å²) in [6.07, 6.45) is 4.03. The monoisotopic (exact) mass is 223 g/mol. The lowest BCUT2D eigenvalue weighted by molar-refractivity contribution is -0.143. The Morgan fingerprint density at radius 3 is 2.50 bits per heavy atom. The molecule has 4 heteroatoms. The molecule has 2 aliphatic heterocycles. The van der Waals surface area contributed by atoms with E-state index in [-0.39, 0.29) is 23.9 Å². The Hall–Kier alpha value is -1.32. The highest BCUT2D eigenvalue weighted by Gasteiger charge is 2.50. The van der Waals surface area contributed by atoms with Gasteiger partial charge in [0, 0.05) is 18.2 Å². The van der Waals surface area contributed by atoms with Crippen LogP contribution in [0.15, 0.2) is 11.6 Å². The lowest BCUT2D eigenvalue weighted by atomic mass is 9.89. The molecule has 16 heavy (non-hydrogen) atoms. The van der Waals surface area contributed by atoms with E-state index in [1.807, 2.05) is 13.8 Å². The van der Waals surface area contributed by atoms with Gasteiger partial charge < -0.3 is 10.0 Å². The Morgan fingerprint density at radius 2 is 2.00 bits per heavy atom. The molecule has 2 heterocycles. The molecule has 1 N–H and O–H groups in total. The van der Waals surface area contributed by atoms with Gasteiger partial charge >= 0.3 is 5.97 Å². The van der Waals surface area contributed by atoms with Crippen molar-refractivity contribution in [2.75, 3.05) is 0 Å². The van der Waals surface area contributed by atoms with Gasteiger partial charge in [0.05, 0.1) is 5.92 Å². The summed E-state index contributed by atoms with van der Waals surface area (Å²) >= 11 is 0. The fraction of sp³-hybridized carbons (Fsp3) is 0.667. The number of hydrogen-bond acceptors (Lipinski definition) is 2. The number of aliphatic carboxylic acids is 1. The molecule has 0 aromatic carbocycles. The Bertz CT molecular complexity index is 357. The van der Waals surface area contributed by atoms with Crippen LogP contribution >= 0.6 is 0 Å². The number of fused-ring (bicyclic) bond motifs is 2. The van der Waals surface area contributed by atoms with Crippen LogP contribution in [0.4, 0.5) is 0 Å². The molecule has 88 valence electrons. The average molecular weight is 223 g/mol. The summed E-state index contributed by atoms with van der Waals surface area (Å²) in [7, 11) is 0. The largest absolute Gasteiger partial charge is 0.481 e. The third-order valence-electron chi connectivity index (χ3n) is 3.52. The third kappa shape index (κ3) is 1.72. The minimum atomic E-state index is -0.762. The maximum atomic E-state index is 11.9. The predicted octanol–water partition coefficient (Wildman–Crippen LogP) is 1.42. The molecule has 0 aromatic rings.